The highest BCUT2D eigenvalue weighted by Gasteiger charge is 2.09. The molecule has 0 heterocycles. The van der Waals surface area contributed by atoms with Gasteiger partial charge < -0.3 is 10.2 Å². The molecule has 0 saturated heterocycles. The molecule has 4 nitrogen and oxygen atoms in total. The van der Waals surface area contributed by atoms with Gasteiger partial charge in [0.25, 0.3) is 0 Å². The van der Waals surface area contributed by atoms with E-state index in [4.69, 9.17) is 10.2 Å². The van der Waals surface area contributed by atoms with Crippen LogP contribution in [0.4, 0.5) is 0 Å². The first-order valence-electron chi connectivity index (χ1n) is 5.19. The van der Waals surface area contributed by atoms with Gasteiger partial charge in [0.1, 0.15) is 0 Å². The summed E-state index contributed by atoms with van der Waals surface area (Å²) >= 11 is 7.34. The Kier molecular flexibility index (Phi) is 14.3. The van der Waals surface area contributed by atoms with Crippen LogP contribution in [0, 0.1) is 0 Å². The topological polar surface area (TPSA) is 74.6 Å². The fourth-order valence-corrected chi connectivity index (χ4v) is 1.07. The second-order valence-electron chi connectivity index (χ2n) is 3.26. The molecule has 0 aliphatic carbocycles. The van der Waals surface area contributed by atoms with Crippen molar-refractivity contribution >= 4 is 37.2 Å². The Morgan fingerprint density at radius 2 is 1.69 bits per heavy atom. The van der Waals surface area contributed by atoms with Crippen molar-refractivity contribution in [2.45, 2.75) is 44.3 Å². The van der Waals surface area contributed by atoms with E-state index in [1.807, 2.05) is 0 Å². The predicted octanol–water partition coefficient (Wildman–Crippen LogP) is 2.34. The lowest BCUT2D eigenvalue weighted by Gasteiger charge is -2.03. The Hall–Kier alpha value is -0.360. The fraction of sp³-hybridized carbons (Fsp3) is 0.800. The third-order valence-corrected chi connectivity index (χ3v) is 2.50. The number of hydrogen-bond acceptors (Lipinski definition) is 4. The molecule has 16 heavy (non-hydrogen) atoms. The minimum Gasteiger partial charge on any atom is -0.481 e. The summed E-state index contributed by atoms with van der Waals surface area (Å²) in [4.78, 5) is 19.6. The van der Waals surface area contributed by atoms with Crippen molar-refractivity contribution in [1.82, 2.24) is 0 Å². The van der Waals surface area contributed by atoms with Crippen LogP contribution in [0.15, 0.2) is 0 Å². The molecule has 1 unspecified atom stereocenters. The van der Waals surface area contributed by atoms with Gasteiger partial charge in [0.05, 0.1) is 11.0 Å². The summed E-state index contributed by atoms with van der Waals surface area (Å²) in [6.07, 6.45) is 5.18. The first kappa shape index (κ1) is 18.0. The van der Waals surface area contributed by atoms with Gasteiger partial charge in [0, 0.05) is 0 Å². The van der Waals surface area contributed by atoms with Gasteiger partial charge in [-0.3, -0.25) is 9.59 Å². The van der Waals surface area contributed by atoms with Gasteiger partial charge in [-0.15, -0.1) is 0 Å². The van der Waals surface area contributed by atoms with E-state index in [9.17, 15) is 9.59 Å². The maximum Gasteiger partial charge on any atom is 0.316 e. The highest BCUT2D eigenvalue weighted by molar-refractivity contribution is 7.81. The average molecular weight is 268 g/mol. The number of rotatable bonds is 7. The molecule has 0 aromatic rings. The van der Waals surface area contributed by atoms with Crippen molar-refractivity contribution in [2.75, 3.05) is 5.75 Å². The van der Waals surface area contributed by atoms with E-state index in [1.54, 1.807) is 0 Å². The zero-order valence-corrected chi connectivity index (χ0v) is 11.2. The highest BCUT2D eigenvalue weighted by Crippen LogP contribution is 2.09. The van der Waals surface area contributed by atoms with Gasteiger partial charge in [-0.1, -0.05) is 32.6 Å². The second-order valence-corrected chi connectivity index (χ2v) is 4.19. The molecule has 0 aromatic carbocycles. The molecule has 0 amide bonds. The van der Waals surface area contributed by atoms with E-state index < -0.39 is 17.2 Å². The van der Waals surface area contributed by atoms with E-state index in [1.165, 1.54) is 12.8 Å². The van der Waals surface area contributed by atoms with Crippen LogP contribution < -0.4 is 0 Å². The molecule has 96 valence electrons. The minimum absolute atomic E-state index is 0.0833. The number of thiol groups is 2. The van der Waals surface area contributed by atoms with Crippen molar-refractivity contribution in [1.29, 1.82) is 0 Å². The zero-order chi connectivity index (χ0) is 13.0. The monoisotopic (exact) mass is 268 g/mol. The summed E-state index contributed by atoms with van der Waals surface area (Å²) in [6.45, 7) is 2.13. The Balaban J connectivity index is 0. The van der Waals surface area contributed by atoms with Gasteiger partial charge in [-0.05, 0) is 6.42 Å². The van der Waals surface area contributed by atoms with Crippen LogP contribution in [0.5, 0.6) is 0 Å². The molecule has 0 spiro atoms. The summed E-state index contributed by atoms with van der Waals surface area (Å²) in [5, 5.41) is 15.6. The molecule has 1 atom stereocenters. The Labute approximate surface area is 107 Å². The van der Waals surface area contributed by atoms with Crippen LogP contribution in [-0.4, -0.2) is 33.2 Å². The van der Waals surface area contributed by atoms with Gasteiger partial charge in [0.2, 0.25) is 0 Å². The molecule has 0 aliphatic heterocycles. The van der Waals surface area contributed by atoms with Crippen molar-refractivity contribution in [2.24, 2.45) is 0 Å². The fourth-order valence-electron chi connectivity index (χ4n) is 0.888. The zero-order valence-electron chi connectivity index (χ0n) is 9.43. The molecule has 0 rings (SSSR count). The van der Waals surface area contributed by atoms with Crippen molar-refractivity contribution < 1.29 is 19.8 Å². The highest BCUT2D eigenvalue weighted by atomic mass is 32.1. The third kappa shape index (κ3) is 16.1. The van der Waals surface area contributed by atoms with Crippen molar-refractivity contribution in [3.05, 3.63) is 0 Å². The Bertz CT molecular complexity index is 197. The number of hydrogen-bond donors (Lipinski definition) is 4. The summed E-state index contributed by atoms with van der Waals surface area (Å²) in [5.74, 6) is -1.77. The average Bonchev–Trinajstić information content (AvgIpc) is 2.24. The Morgan fingerprint density at radius 1 is 1.19 bits per heavy atom. The first-order valence-corrected chi connectivity index (χ1v) is 6.34. The first-order chi connectivity index (χ1) is 7.45. The van der Waals surface area contributed by atoms with Gasteiger partial charge in [0.15, 0.2) is 0 Å². The minimum atomic E-state index is -0.881. The molecule has 2 N–H and O–H groups in total. The maximum atomic E-state index is 10.3. The van der Waals surface area contributed by atoms with Crippen LogP contribution in [0.2, 0.25) is 0 Å². The smallest absolute Gasteiger partial charge is 0.316 e. The van der Waals surface area contributed by atoms with Crippen LogP contribution in [0.3, 0.4) is 0 Å². The van der Waals surface area contributed by atoms with E-state index in [-0.39, 0.29) is 5.75 Å². The maximum absolute atomic E-state index is 10.3. The number of carboxylic acid groups (broad SMARTS) is 2. The summed E-state index contributed by atoms with van der Waals surface area (Å²) in [5.41, 5.74) is 0. The lowest BCUT2D eigenvalue weighted by molar-refractivity contribution is -0.136. The second kappa shape index (κ2) is 12.7. The Morgan fingerprint density at radius 3 is 2.00 bits per heavy atom. The van der Waals surface area contributed by atoms with Crippen molar-refractivity contribution in [3.8, 4) is 0 Å². The third-order valence-electron chi connectivity index (χ3n) is 1.75. The quantitative estimate of drug-likeness (QED) is 0.422. The lowest BCUT2D eigenvalue weighted by Crippen LogP contribution is -2.12. The molecule has 0 aliphatic rings. The van der Waals surface area contributed by atoms with Gasteiger partial charge in [-0.25, -0.2) is 0 Å². The SMILES string of the molecule is CCCCCCC(S)C(=O)O.O=C(O)CS. The lowest BCUT2D eigenvalue weighted by atomic mass is 10.1. The van der Waals surface area contributed by atoms with Crippen molar-refractivity contribution in [3.63, 3.8) is 0 Å². The van der Waals surface area contributed by atoms with Crippen LogP contribution in [0.25, 0.3) is 0 Å². The molecule has 0 radical (unpaired) electrons. The number of unbranched alkanes of at least 4 members (excludes halogenated alkanes) is 3. The number of carboxylic acids is 2. The van der Waals surface area contributed by atoms with Crippen LogP contribution in [-0.2, 0) is 9.59 Å². The largest absolute Gasteiger partial charge is 0.481 e. The normalized spacial score (nSPS) is 11.2. The van der Waals surface area contributed by atoms with E-state index in [0.29, 0.717) is 6.42 Å². The van der Waals surface area contributed by atoms with E-state index in [2.05, 4.69) is 32.2 Å². The molecule has 0 bridgehead atoms. The van der Waals surface area contributed by atoms with Gasteiger partial charge >= 0.3 is 11.9 Å². The predicted molar refractivity (Wildman–Crippen MR) is 70.7 cm³/mol. The summed E-state index contributed by atoms with van der Waals surface area (Å²) in [7, 11) is 0. The summed E-state index contributed by atoms with van der Waals surface area (Å²) < 4.78 is 0. The molecular weight excluding hydrogens is 248 g/mol. The number of carbonyl (C=O) groups is 2. The molecular formula is C10H20O4S2. The molecule has 0 saturated carbocycles. The van der Waals surface area contributed by atoms with Crippen LogP contribution >= 0.6 is 25.3 Å². The standard InChI is InChI=1S/C8H16O2S.C2H4O2S/c1-2-3-4-5-6-7(11)8(9)10;3-2(4)1-5/h7,11H,2-6H2,1H3,(H,9,10);5H,1H2,(H,3,4). The molecule has 0 aromatic heterocycles. The van der Waals surface area contributed by atoms with Gasteiger partial charge in [-0.2, -0.15) is 25.3 Å². The van der Waals surface area contributed by atoms with Crippen LogP contribution in [0.1, 0.15) is 39.0 Å². The molecule has 6 heteroatoms. The molecule has 0 fully saturated rings. The summed E-state index contributed by atoms with van der Waals surface area (Å²) in [6, 6.07) is 0. The number of aliphatic carboxylic acids is 2. The van der Waals surface area contributed by atoms with E-state index in [0.717, 1.165) is 12.8 Å². The van der Waals surface area contributed by atoms with E-state index >= 15 is 0 Å².